The van der Waals surface area contributed by atoms with Crippen molar-refractivity contribution in [3.63, 3.8) is 0 Å². The van der Waals surface area contributed by atoms with E-state index in [1.54, 1.807) is 17.6 Å². The minimum absolute atomic E-state index is 0.170. The van der Waals surface area contributed by atoms with E-state index in [9.17, 15) is 8.42 Å². The molecule has 0 aliphatic carbocycles. The zero-order chi connectivity index (χ0) is 15.7. The van der Waals surface area contributed by atoms with Crippen molar-refractivity contribution >= 4 is 26.7 Å². The Kier molecular flexibility index (Phi) is 4.01. The van der Waals surface area contributed by atoms with Crippen LogP contribution in [0, 0.1) is 12.8 Å². The number of benzene rings is 1. The Balaban J connectivity index is 1.66. The van der Waals surface area contributed by atoms with Gasteiger partial charge in [-0.2, -0.15) is 0 Å². The van der Waals surface area contributed by atoms with Crippen molar-refractivity contribution in [2.24, 2.45) is 5.92 Å². The van der Waals surface area contributed by atoms with Gasteiger partial charge in [-0.1, -0.05) is 12.1 Å². The molecule has 1 aliphatic rings. The second kappa shape index (κ2) is 5.81. The summed E-state index contributed by atoms with van der Waals surface area (Å²) >= 11 is 0. The highest BCUT2D eigenvalue weighted by molar-refractivity contribution is 7.89. The Labute approximate surface area is 130 Å². The number of nitrogens with zero attached hydrogens (tertiary/aromatic N) is 3. The van der Waals surface area contributed by atoms with Gasteiger partial charge in [0.25, 0.3) is 0 Å². The molecule has 6 nitrogen and oxygen atoms in total. The van der Waals surface area contributed by atoms with Crippen molar-refractivity contribution in [1.29, 1.82) is 0 Å². The fourth-order valence-electron chi connectivity index (χ4n) is 2.68. The van der Waals surface area contributed by atoms with Gasteiger partial charge in [0.2, 0.25) is 10.0 Å². The van der Waals surface area contributed by atoms with E-state index in [2.05, 4.69) is 15.3 Å². The quantitative estimate of drug-likeness (QED) is 0.906. The fraction of sp³-hybridized carbons (Fsp3) is 0.467. The highest BCUT2D eigenvalue weighted by atomic mass is 32.2. The number of sulfonamides is 1. The average Bonchev–Trinajstić information content (AvgIpc) is 2.46. The second-order valence-electron chi connectivity index (χ2n) is 5.66. The molecule has 2 aromatic rings. The minimum Gasteiger partial charge on any atom is -0.369 e. The first kappa shape index (κ1) is 15.2. The summed E-state index contributed by atoms with van der Waals surface area (Å²) in [6, 6.07) is 6.02. The highest BCUT2D eigenvalue weighted by Gasteiger charge is 2.34. The number of aromatic nitrogens is 2. The summed E-state index contributed by atoms with van der Waals surface area (Å²) in [5.74, 6) is 1.31. The molecule has 1 aromatic carbocycles. The lowest BCUT2D eigenvalue weighted by atomic mass is 10.0. The molecule has 1 aromatic heterocycles. The predicted octanol–water partition coefficient (Wildman–Crippen LogP) is 1.63. The average molecular weight is 320 g/mol. The standard InChI is InChI=1S/C15H20N4O2S/c1-3-22(20,21)19-8-12(9-19)7-16-15-13-6-4-5-11(2)14(13)17-10-18-15/h4-6,10,12H,3,7-9H2,1-2H3,(H,16,17,18). The molecule has 0 bridgehead atoms. The van der Waals surface area contributed by atoms with Gasteiger partial charge in [0, 0.05) is 30.9 Å². The van der Waals surface area contributed by atoms with E-state index in [4.69, 9.17) is 0 Å². The number of aryl methyl sites for hydroxylation is 1. The molecule has 7 heteroatoms. The van der Waals surface area contributed by atoms with E-state index < -0.39 is 10.0 Å². The molecular weight excluding hydrogens is 300 g/mol. The topological polar surface area (TPSA) is 75.2 Å². The van der Waals surface area contributed by atoms with Crippen molar-refractivity contribution in [3.05, 3.63) is 30.1 Å². The monoisotopic (exact) mass is 320 g/mol. The van der Waals surface area contributed by atoms with Crippen LogP contribution in [0.5, 0.6) is 0 Å². The SMILES string of the molecule is CCS(=O)(=O)N1CC(CNc2ncnc3c(C)cccc23)C1. The van der Waals surface area contributed by atoms with Crippen molar-refractivity contribution in [3.8, 4) is 0 Å². The molecule has 0 saturated carbocycles. The number of nitrogens with one attached hydrogen (secondary N) is 1. The normalized spacial score (nSPS) is 16.6. The second-order valence-corrected chi connectivity index (χ2v) is 7.92. The summed E-state index contributed by atoms with van der Waals surface area (Å²) in [6.45, 7) is 5.60. The molecule has 1 saturated heterocycles. The summed E-state index contributed by atoms with van der Waals surface area (Å²) < 4.78 is 24.9. The molecule has 1 aliphatic heterocycles. The Hall–Kier alpha value is -1.73. The first-order valence-electron chi connectivity index (χ1n) is 7.43. The summed E-state index contributed by atoms with van der Waals surface area (Å²) in [5, 5.41) is 4.33. The lowest BCUT2D eigenvalue weighted by molar-refractivity contribution is 0.212. The van der Waals surface area contributed by atoms with Crippen molar-refractivity contribution in [2.75, 3.05) is 30.7 Å². The maximum absolute atomic E-state index is 11.7. The predicted molar refractivity (Wildman–Crippen MR) is 87.3 cm³/mol. The minimum atomic E-state index is -3.04. The van der Waals surface area contributed by atoms with Gasteiger partial charge in [0.05, 0.1) is 11.3 Å². The molecule has 1 N–H and O–H groups in total. The molecule has 0 atom stereocenters. The van der Waals surface area contributed by atoms with Crippen molar-refractivity contribution < 1.29 is 8.42 Å². The molecule has 0 amide bonds. The van der Waals surface area contributed by atoms with Crippen molar-refractivity contribution in [2.45, 2.75) is 13.8 Å². The third-order valence-electron chi connectivity index (χ3n) is 4.11. The summed E-state index contributed by atoms with van der Waals surface area (Å²) in [5.41, 5.74) is 2.07. The molecular formula is C15H20N4O2S. The molecule has 118 valence electrons. The maximum Gasteiger partial charge on any atom is 0.213 e. The van der Waals surface area contributed by atoms with Crippen LogP contribution >= 0.6 is 0 Å². The van der Waals surface area contributed by atoms with E-state index in [1.807, 2.05) is 25.1 Å². The molecule has 0 unspecified atom stereocenters. The van der Waals surface area contributed by atoms with Gasteiger partial charge in [0.15, 0.2) is 0 Å². The molecule has 0 radical (unpaired) electrons. The van der Waals surface area contributed by atoms with Crippen LogP contribution in [0.25, 0.3) is 10.9 Å². The Morgan fingerprint density at radius 3 is 2.82 bits per heavy atom. The zero-order valence-corrected chi connectivity index (χ0v) is 13.6. The number of hydrogen-bond donors (Lipinski definition) is 1. The van der Waals surface area contributed by atoms with Crippen LogP contribution in [0.4, 0.5) is 5.82 Å². The number of fused-ring (bicyclic) bond motifs is 1. The first-order chi connectivity index (χ1) is 10.5. The van der Waals surface area contributed by atoms with Crippen molar-refractivity contribution in [1.82, 2.24) is 14.3 Å². The van der Waals surface area contributed by atoms with Crippen LogP contribution in [-0.2, 0) is 10.0 Å². The van der Waals surface area contributed by atoms with Gasteiger partial charge in [-0.25, -0.2) is 22.7 Å². The molecule has 22 heavy (non-hydrogen) atoms. The van der Waals surface area contributed by atoms with E-state index in [1.165, 1.54) is 0 Å². The van der Waals surface area contributed by atoms with E-state index >= 15 is 0 Å². The zero-order valence-electron chi connectivity index (χ0n) is 12.8. The maximum atomic E-state index is 11.7. The molecule has 0 spiro atoms. The van der Waals surface area contributed by atoms with Crippen LogP contribution in [0.2, 0.25) is 0 Å². The fourth-order valence-corrected chi connectivity index (χ4v) is 3.92. The van der Waals surface area contributed by atoms with Crippen LogP contribution in [0.3, 0.4) is 0 Å². The van der Waals surface area contributed by atoms with Gasteiger partial charge in [-0.05, 0) is 25.5 Å². The number of hydrogen-bond acceptors (Lipinski definition) is 5. The Morgan fingerprint density at radius 1 is 1.32 bits per heavy atom. The van der Waals surface area contributed by atoms with Crippen LogP contribution in [0.15, 0.2) is 24.5 Å². The van der Waals surface area contributed by atoms with Gasteiger partial charge < -0.3 is 5.32 Å². The first-order valence-corrected chi connectivity index (χ1v) is 9.04. The van der Waals surface area contributed by atoms with Gasteiger partial charge in [-0.3, -0.25) is 0 Å². The smallest absolute Gasteiger partial charge is 0.213 e. The summed E-state index contributed by atoms with van der Waals surface area (Å²) in [4.78, 5) is 8.63. The lowest BCUT2D eigenvalue weighted by Crippen LogP contribution is -2.52. The van der Waals surface area contributed by atoms with Crippen LogP contribution in [-0.4, -0.2) is 48.1 Å². The highest BCUT2D eigenvalue weighted by Crippen LogP contribution is 2.24. The van der Waals surface area contributed by atoms with Crippen LogP contribution < -0.4 is 5.32 Å². The number of anilines is 1. The number of rotatable bonds is 5. The summed E-state index contributed by atoms with van der Waals surface area (Å²) in [6.07, 6.45) is 1.56. The Bertz CT molecular complexity index is 785. The van der Waals surface area contributed by atoms with Crippen LogP contribution in [0.1, 0.15) is 12.5 Å². The molecule has 2 heterocycles. The van der Waals surface area contributed by atoms with E-state index in [-0.39, 0.29) is 5.75 Å². The summed E-state index contributed by atoms with van der Waals surface area (Å²) in [7, 11) is -3.04. The molecule has 1 fully saturated rings. The van der Waals surface area contributed by atoms with Gasteiger partial charge in [-0.15, -0.1) is 0 Å². The molecule has 3 rings (SSSR count). The third kappa shape index (κ3) is 2.78. The van der Waals surface area contributed by atoms with E-state index in [0.717, 1.165) is 28.8 Å². The number of para-hydroxylation sites is 1. The van der Waals surface area contributed by atoms with Gasteiger partial charge in [0.1, 0.15) is 12.1 Å². The Morgan fingerprint density at radius 2 is 2.09 bits per heavy atom. The third-order valence-corrected chi connectivity index (χ3v) is 5.92. The largest absolute Gasteiger partial charge is 0.369 e. The van der Waals surface area contributed by atoms with Gasteiger partial charge >= 0.3 is 0 Å². The lowest BCUT2D eigenvalue weighted by Gasteiger charge is -2.38. The van der Waals surface area contributed by atoms with E-state index in [0.29, 0.717) is 19.0 Å².